The lowest BCUT2D eigenvalue weighted by Crippen LogP contribution is -2.31. The predicted molar refractivity (Wildman–Crippen MR) is 58.5 cm³/mol. The van der Waals surface area contributed by atoms with Gasteiger partial charge in [-0.05, 0) is 25.8 Å². The van der Waals surface area contributed by atoms with Gasteiger partial charge in [0.2, 0.25) is 0 Å². The van der Waals surface area contributed by atoms with Crippen molar-refractivity contribution in [1.29, 1.82) is 0 Å². The van der Waals surface area contributed by atoms with Crippen molar-refractivity contribution >= 4 is 0 Å². The third kappa shape index (κ3) is 1.96. The summed E-state index contributed by atoms with van der Waals surface area (Å²) in [5.74, 6) is 0. The molecule has 0 aromatic heterocycles. The molecule has 0 fully saturated rings. The van der Waals surface area contributed by atoms with Crippen LogP contribution in [-0.2, 0) is 0 Å². The zero-order chi connectivity index (χ0) is 9.90. The minimum absolute atomic E-state index is 0.361. The van der Waals surface area contributed by atoms with Crippen LogP contribution in [0, 0.1) is 5.41 Å². The summed E-state index contributed by atoms with van der Waals surface area (Å²) in [6.45, 7) is 7.93. The molecule has 0 bridgehead atoms. The maximum absolute atomic E-state index is 2.36. The van der Waals surface area contributed by atoms with E-state index in [1.165, 1.54) is 18.5 Å². The normalized spacial score (nSPS) is 27.2. The van der Waals surface area contributed by atoms with E-state index in [1.807, 2.05) is 0 Å². The Bertz CT molecular complexity index is 227. The maximum Gasteiger partial charge on any atom is 0.0193 e. The molecule has 74 valence electrons. The molecule has 0 spiro atoms. The molecule has 1 atom stereocenters. The van der Waals surface area contributed by atoms with Gasteiger partial charge in [0.1, 0.15) is 0 Å². The van der Waals surface area contributed by atoms with Crippen LogP contribution in [0.1, 0.15) is 33.6 Å². The van der Waals surface area contributed by atoms with Gasteiger partial charge in [0.15, 0.2) is 0 Å². The molecule has 0 N–H and O–H groups in total. The molecule has 0 radical (unpaired) electrons. The van der Waals surface area contributed by atoms with Crippen molar-refractivity contribution in [2.45, 2.75) is 33.6 Å². The van der Waals surface area contributed by atoms with Crippen molar-refractivity contribution in [3.63, 3.8) is 0 Å². The van der Waals surface area contributed by atoms with E-state index in [0.717, 1.165) is 6.54 Å². The Morgan fingerprint density at radius 1 is 1.46 bits per heavy atom. The van der Waals surface area contributed by atoms with Crippen molar-refractivity contribution < 1.29 is 0 Å². The van der Waals surface area contributed by atoms with Crippen molar-refractivity contribution in [1.82, 2.24) is 4.90 Å². The molecule has 1 nitrogen and oxygen atoms in total. The summed E-state index contributed by atoms with van der Waals surface area (Å²) in [4.78, 5) is 2.35. The minimum atomic E-state index is 0.361. The van der Waals surface area contributed by atoms with E-state index >= 15 is 0 Å². The van der Waals surface area contributed by atoms with Gasteiger partial charge in [-0.2, -0.15) is 0 Å². The topological polar surface area (TPSA) is 3.24 Å². The molecule has 1 aliphatic carbocycles. The van der Waals surface area contributed by atoms with Gasteiger partial charge in [0, 0.05) is 24.7 Å². The Balaban J connectivity index is 2.89. The van der Waals surface area contributed by atoms with Crippen molar-refractivity contribution in [2.24, 2.45) is 5.41 Å². The Kier molecular flexibility index (Phi) is 3.18. The van der Waals surface area contributed by atoms with Gasteiger partial charge < -0.3 is 4.90 Å². The van der Waals surface area contributed by atoms with Crippen LogP contribution in [0.4, 0.5) is 0 Å². The third-order valence-electron chi connectivity index (χ3n) is 3.24. The molecule has 0 aromatic rings. The van der Waals surface area contributed by atoms with Gasteiger partial charge in [-0.3, -0.25) is 0 Å². The first-order chi connectivity index (χ1) is 6.14. The van der Waals surface area contributed by atoms with E-state index in [2.05, 4.69) is 50.9 Å². The predicted octanol–water partition coefficient (Wildman–Crippen LogP) is 3.20. The van der Waals surface area contributed by atoms with Crippen LogP contribution in [0.15, 0.2) is 23.9 Å². The smallest absolute Gasteiger partial charge is 0.0193 e. The van der Waals surface area contributed by atoms with E-state index < -0.39 is 0 Å². The summed E-state index contributed by atoms with van der Waals surface area (Å²) < 4.78 is 0. The molecule has 0 aliphatic heterocycles. The van der Waals surface area contributed by atoms with Gasteiger partial charge in [-0.25, -0.2) is 0 Å². The lowest BCUT2D eigenvalue weighted by atomic mass is 9.77. The molecule has 13 heavy (non-hydrogen) atoms. The van der Waals surface area contributed by atoms with Crippen molar-refractivity contribution in [2.75, 3.05) is 13.6 Å². The third-order valence-corrected chi connectivity index (χ3v) is 3.24. The highest BCUT2D eigenvalue weighted by Gasteiger charge is 2.28. The quantitative estimate of drug-likeness (QED) is 0.643. The van der Waals surface area contributed by atoms with E-state index in [9.17, 15) is 0 Å². The monoisotopic (exact) mass is 179 g/mol. The molecule has 1 rings (SSSR count). The first-order valence-corrected chi connectivity index (χ1v) is 5.22. The van der Waals surface area contributed by atoms with Gasteiger partial charge >= 0.3 is 0 Å². The van der Waals surface area contributed by atoms with Crippen LogP contribution in [0.25, 0.3) is 0 Å². The highest BCUT2D eigenvalue weighted by Crippen LogP contribution is 2.38. The molecule has 1 aliphatic rings. The zero-order valence-electron chi connectivity index (χ0n) is 9.30. The van der Waals surface area contributed by atoms with Crippen LogP contribution >= 0.6 is 0 Å². The molecule has 0 saturated carbocycles. The molecular weight excluding hydrogens is 158 g/mol. The molecule has 0 amide bonds. The van der Waals surface area contributed by atoms with Gasteiger partial charge in [0.25, 0.3) is 0 Å². The molecule has 0 aromatic carbocycles. The van der Waals surface area contributed by atoms with Crippen LogP contribution in [-0.4, -0.2) is 18.5 Å². The fourth-order valence-corrected chi connectivity index (χ4v) is 1.88. The Labute approximate surface area is 82.1 Å². The fraction of sp³-hybridized carbons (Fsp3) is 0.667. The number of allylic oxidation sites excluding steroid dienone is 4. The average Bonchev–Trinajstić information content (AvgIpc) is 2.17. The van der Waals surface area contributed by atoms with E-state index in [4.69, 9.17) is 0 Å². The number of nitrogens with zero attached hydrogens (tertiary/aromatic N) is 1. The summed E-state index contributed by atoms with van der Waals surface area (Å²) in [5, 5.41) is 0. The molecule has 1 unspecified atom stereocenters. The first kappa shape index (κ1) is 10.4. The van der Waals surface area contributed by atoms with Gasteiger partial charge in [-0.1, -0.05) is 26.0 Å². The second-order valence-electron chi connectivity index (χ2n) is 4.11. The molecule has 1 heteroatoms. The van der Waals surface area contributed by atoms with Gasteiger partial charge in [-0.15, -0.1) is 0 Å². The lowest BCUT2D eigenvalue weighted by Gasteiger charge is -2.38. The lowest BCUT2D eigenvalue weighted by molar-refractivity contribution is 0.269. The summed E-state index contributed by atoms with van der Waals surface area (Å²) >= 11 is 0. The average molecular weight is 179 g/mol. The number of rotatable bonds is 3. The molecule has 0 heterocycles. The minimum Gasteiger partial charge on any atom is -0.378 e. The Hall–Kier alpha value is -0.720. The van der Waals surface area contributed by atoms with Gasteiger partial charge in [0.05, 0.1) is 0 Å². The van der Waals surface area contributed by atoms with E-state index in [1.54, 1.807) is 0 Å². The summed E-state index contributed by atoms with van der Waals surface area (Å²) in [7, 11) is 2.18. The highest BCUT2D eigenvalue weighted by molar-refractivity contribution is 5.24. The van der Waals surface area contributed by atoms with Crippen LogP contribution in [0.2, 0.25) is 0 Å². The Morgan fingerprint density at radius 2 is 2.15 bits per heavy atom. The van der Waals surface area contributed by atoms with E-state index in [0.29, 0.717) is 5.41 Å². The maximum atomic E-state index is 2.36. The second-order valence-corrected chi connectivity index (χ2v) is 4.11. The molecular formula is C12H21N. The number of hydrogen-bond donors (Lipinski definition) is 0. The summed E-state index contributed by atoms with van der Waals surface area (Å²) in [6, 6.07) is 0. The van der Waals surface area contributed by atoms with Crippen molar-refractivity contribution in [3.8, 4) is 0 Å². The highest BCUT2D eigenvalue weighted by atomic mass is 15.1. The SMILES string of the molecule is CCN(C)C1=CC=CCC1(C)CC. The Morgan fingerprint density at radius 3 is 2.69 bits per heavy atom. The standard InChI is InChI=1S/C12H21N/c1-5-12(3)10-8-7-9-11(12)13(4)6-2/h7-9H,5-6,10H2,1-4H3. The largest absolute Gasteiger partial charge is 0.378 e. The van der Waals surface area contributed by atoms with Crippen LogP contribution in [0.3, 0.4) is 0 Å². The second kappa shape index (κ2) is 3.99. The van der Waals surface area contributed by atoms with Crippen molar-refractivity contribution in [3.05, 3.63) is 23.9 Å². The molecule has 0 saturated heterocycles. The summed E-state index contributed by atoms with van der Waals surface area (Å²) in [6.07, 6.45) is 9.11. The summed E-state index contributed by atoms with van der Waals surface area (Å²) in [5.41, 5.74) is 1.85. The zero-order valence-corrected chi connectivity index (χ0v) is 9.30. The van der Waals surface area contributed by atoms with Crippen LogP contribution in [0.5, 0.6) is 0 Å². The fourth-order valence-electron chi connectivity index (χ4n) is 1.88. The van der Waals surface area contributed by atoms with Crippen LogP contribution < -0.4 is 0 Å². The first-order valence-electron chi connectivity index (χ1n) is 5.22. The number of hydrogen-bond acceptors (Lipinski definition) is 1. The van der Waals surface area contributed by atoms with E-state index in [-0.39, 0.29) is 0 Å².